The van der Waals surface area contributed by atoms with Crippen LogP contribution in [0.15, 0.2) is 41.3 Å². The molecule has 0 radical (unpaired) electrons. The number of fused-ring (bicyclic) bond motifs is 2. The van der Waals surface area contributed by atoms with Gasteiger partial charge in [0.25, 0.3) is 17.4 Å². The molecule has 47 heavy (non-hydrogen) atoms. The number of aliphatic hydroxyl groups excluding tert-OH is 1. The molecule has 0 bridgehead atoms. The number of benzene rings is 2. The van der Waals surface area contributed by atoms with E-state index in [0.29, 0.717) is 29.6 Å². The van der Waals surface area contributed by atoms with E-state index in [1.807, 2.05) is 14.1 Å². The predicted octanol–water partition coefficient (Wildman–Crippen LogP) is 3.32. The van der Waals surface area contributed by atoms with Crippen LogP contribution < -0.4 is 15.6 Å². The summed E-state index contributed by atoms with van der Waals surface area (Å²) in [7, 11) is 4.06. The predicted molar refractivity (Wildman–Crippen MR) is 172 cm³/mol. The van der Waals surface area contributed by atoms with Crippen LogP contribution >= 0.6 is 11.6 Å². The Balaban J connectivity index is 1.16. The molecule has 4 aromatic rings. The number of carbonyl (C=O) groups excluding carboxylic acids is 2. The first kappa shape index (κ1) is 32.6. The molecule has 15 heteroatoms. The van der Waals surface area contributed by atoms with E-state index < -0.39 is 35.7 Å². The van der Waals surface area contributed by atoms with Crippen molar-refractivity contribution in [3.8, 4) is 17.1 Å². The number of carbonyl (C=O) groups is 2. The smallest absolute Gasteiger partial charge is 0.261 e. The zero-order valence-corrected chi connectivity index (χ0v) is 26.5. The van der Waals surface area contributed by atoms with Gasteiger partial charge in [0, 0.05) is 45.0 Å². The molecule has 0 spiro atoms. The summed E-state index contributed by atoms with van der Waals surface area (Å²) in [5.74, 6) is -3.27. The third-order valence-corrected chi connectivity index (χ3v) is 8.74. The maximum absolute atomic E-state index is 14.1. The highest BCUT2D eigenvalue weighted by Gasteiger charge is 2.41. The summed E-state index contributed by atoms with van der Waals surface area (Å²) in [6.45, 7) is 2.87. The van der Waals surface area contributed by atoms with Gasteiger partial charge in [0.15, 0.2) is 17.4 Å². The molecule has 4 heterocycles. The van der Waals surface area contributed by atoms with Crippen LogP contribution in [-0.2, 0) is 0 Å². The van der Waals surface area contributed by atoms with Gasteiger partial charge < -0.3 is 34.9 Å². The molecule has 0 aliphatic carbocycles. The van der Waals surface area contributed by atoms with Crippen LogP contribution in [0.1, 0.15) is 33.6 Å². The van der Waals surface area contributed by atoms with Crippen molar-refractivity contribution in [2.45, 2.75) is 25.0 Å². The first-order valence-electron chi connectivity index (χ1n) is 15.2. The highest BCUT2D eigenvalue weighted by molar-refractivity contribution is 6.30. The van der Waals surface area contributed by atoms with Crippen LogP contribution in [-0.4, -0.2) is 112 Å². The number of likely N-dealkylation sites (N-methyl/N-ethyl adjacent to an activating group) is 1. The first-order chi connectivity index (χ1) is 22.5. The number of aliphatic hydroxyl groups is 1. The number of nitrogens with one attached hydrogen (secondary N) is 3. The summed E-state index contributed by atoms with van der Waals surface area (Å²) in [5, 5.41) is 13.1. The number of amides is 2. The Bertz CT molecular complexity index is 1840. The fourth-order valence-corrected chi connectivity index (χ4v) is 6.07. The highest BCUT2D eigenvalue weighted by Crippen LogP contribution is 2.33. The second kappa shape index (κ2) is 13.4. The largest absolute Gasteiger partial charge is 0.485 e. The Labute approximate surface area is 273 Å². The third kappa shape index (κ3) is 6.59. The number of aromatic nitrogens is 3. The van der Waals surface area contributed by atoms with Crippen molar-refractivity contribution in [3.63, 3.8) is 0 Å². The van der Waals surface area contributed by atoms with Crippen molar-refractivity contribution in [3.05, 3.63) is 74.7 Å². The summed E-state index contributed by atoms with van der Waals surface area (Å²) in [6, 6.07) is 6.55. The molecule has 1 saturated heterocycles. The molecule has 6 rings (SSSR count). The van der Waals surface area contributed by atoms with E-state index in [1.165, 1.54) is 11.1 Å². The molecule has 0 saturated carbocycles. The number of hydrogen-bond donors (Lipinski definition) is 4. The van der Waals surface area contributed by atoms with Crippen molar-refractivity contribution in [2.75, 3.05) is 58.7 Å². The molecule has 1 fully saturated rings. The van der Waals surface area contributed by atoms with E-state index >= 15 is 0 Å². The van der Waals surface area contributed by atoms with Gasteiger partial charge in [-0.05, 0) is 57.3 Å². The van der Waals surface area contributed by atoms with Gasteiger partial charge in [-0.15, -0.1) is 0 Å². The molecule has 4 N–H and O–H groups in total. The van der Waals surface area contributed by atoms with Crippen molar-refractivity contribution >= 4 is 40.1 Å². The molecule has 2 amide bonds. The molecule has 12 nitrogen and oxygen atoms in total. The molecule has 1 atom stereocenters. The number of H-pyrrole nitrogens is 2. The molecule has 248 valence electrons. The lowest BCUT2D eigenvalue weighted by Gasteiger charge is -2.36. The van der Waals surface area contributed by atoms with Gasteiger partial charge in [0.1, 0.15) is 24.1 Å². The minimum atomic E-state index is -1.23. The van der Waals surface area contributed by atoms with Crippen molar-refractivity contribution in [1.29, 1.82) is 0 Å². The monoisotopic (exact) mass is 669 g/mol. The van der Waals surface area contributed by atoms with E-state index in [-0.39, 0.29) is 51.9 Å². The Hall–Kier alpha value is -4.37. The average Bonchev–Trinajstić information content (AvgIpc) is 3.57. The quantitative estimate of drug-likeness (QED) is 0.140. The number of rotatable bonds is 11. The van der Waals surface area contributed by atoms with Gasteiger partial charge >= 0.3 is 0 Å². The lowest BCUT2D eigenvalue weighted by atomic mass is 10.0. The highest BCUT2D eigenvalue weighted by atomic mass is 35.5. The number of anilines is 1. The zero-order chi connectivity index (χ0) is 33.4. The van der Waals surface area contributed by atoms with Crippen molar-refractivity contribution in [1.82, 2.24) is 29.7 Å². The number of pyridine rings is 1. The normalized spacial score (nSPS) is 16.4. The Kier molecular flexibility index (Phi) is 9.28. The van der Waals surface area contributed by atoms with Crippen LogP contribution in [0.25, 0.3) is 22.4 Å². The SMILES string of the molecule is CN(C)CCN1CCC(N2C(=O)c3cc4nc(-c5c(NC[C@@H](O)COc6c(F)ccc(Cl)c6F)cc[nH]c5=O)[nH]c4cc3C2=O)CC1. The number of likely N-dealkylation sites (tertiary alicyclic amines) is 1. The van der Waals surface area contributed by atoms with E-state index in [0.717, 1.165) is 38.3 Å². The molecule has 0 unspecified atom stereocenters. The average molecular weight is 670 g/mol. The van der Waals surface area contributed by atoms with Gasteiger partial charge in [-0.2, -0.15) is 0 Å². The van der Waals surface area contributed by atoms with E-state index in [9.17, 15) is 28.3 Å². The Morgan fingerprint density at radius 3 is 2.57 bits per heavy atom. The Morgan fingerprint density at radius 1 is 1.13 bits per heavy atom. The molecular formula is C32H34ClF2N7O5. The van der Waals surface area contributed by atoms with Crippen LogP contribution in [0, 0.1) is 11.6 Å². The van der Waals surface area contributed by atoms with Crippen molar-refractivity contribution < 1.29 is 28.2 Å². The van der Waals surface area contributed by atoms with Gasteiger partial charge in [-0.25, -0.2) is 13.8 Å². The summed E-state index contributed by atoms with van der Waals surface area (Å²) in [5.41, 5.74) is 1.34. The topological polar surface area (TPSA) is 147 Å². The standard InChI is InChI=1S/C32H34ClF2N7O5/c1-40(2)11-12-41-9-6-17(7-10-41)42-31(45)19-13-24-25(14-20(19)32(42)46)39-29(38-24)26-23(5-8-36-30(26)44)37-15-18(43)16-47-28-22(34)4-3-21(33)27(28)35/h3-5,8,13-14,17-18,43H,6-7,9-12,15-16H2,1-2H3,(H,38,39)(H2,36,37,44)/t18-/m1/s1. The number of piperidine rings is 1. The fourth-order valence-electron chi connectivity index (χ4n) is 5.92. The first-order valence-corrected chi connectivity index (χ1v) is 15.6. The van der Waals surface area contributed by atoms with Crippen LogP contribution in [0.4, 0.5) is 14.5 Å². The number of hydrogen-bond acceptors (Lipinski definition) is 9. The summed E-state index contributed by atoms with van der Waals surface area (Å²) >= 11 is 5.69. The molecule has 2 aliphatic heterocycles. The second-order valence-corrected chi connectivity index (χ2v) is 12.4. The van der Waals surface area contributed by atoms with E-state index in [4.69, 9.17) is 16.3 Å². The summed E-state index contributed by atoms with van der Waals surface area (Å²) < 4.78 is 33.2. The van der Waals surface area contributed by atoms with Crippen molar-refractivity contribution in [2.24, 2.45) is 0 Å². The van der Waals surface area contributed by atoms with E-state index in [1.54, 1.807) is 18.2 Å². The molecule has 2 aromatic heterocycles. The van der Waals surface area contributed by atoms with Gasteiger partial charge in [-0.1, -0.05) is 11.6 Å². The second-order valence-electron chi connectivity index (χ2n) is 12.0. The number of aromatic amines is 2. The number of ether oxygens (including phenoxy) is 1. The van der Waals surface area contributed by atoms with Crippen LogP contribution in [0.5, 0.6) is 5.75 Å². The lowest BCUT2D eigenvalue weighted by Crippen LogP contribution is -2.48. The minimum Gasteiger partial charge on any atom is -0.485 e. The Morgan fingerprint density at radius 2 is 1.85 bits per heavy atom. The zero-order valence-electron chi connectivity index (χ0n) is 25.8. The van der Waals surface area contributed by atoms with Crippen LogP contribution in [0.3, 0.4) is 0 Å². The van der Waals surface area contributed by atoms with Gasteiger partial charge in [0.2, 0.25) is 0 Å². The minimum absolute atomic E-state index is 0.115. The number of halogens is 3. The molecule has 2 aliphatic rings. The fraction of sp³-hybridized carbons (Fsp3) is 0.375. The van der Waals surface area contributed by atoms with Gasteiger partial charge in [-0.3, -0.25) is 19.3 Å². The van der Waals surface area contributed by atoms with Crippen LogP contribution in [0.2, 0.25) is 5.02 Å². The maximum Gasteiger partial charge on any atom is 0.261 e. The summed E-state index contributed by atoms with van der Waals surface area (Å²) in [6.07, 6.45) is 1.59. The lowest BCUT2D eigenvalue weighted by molar-refractivity contribution is 0.0499. The number of nitrogens with zero attached hydrogens (tertiary/aromatic N) is 4. The summed E-state index contributed by atoms with van der Waals surface area (Å²) in [4.78, 5) is 56.0. The molecule has 2 aromatic carbocycles. The number of imidazole rings is 1. The third-order valence-electron chi connectivity index (χ3n) is 8.45. The van der Waals surface area contributed by atoms with E-state index in [2.05, 4.69) is 30.1 Å². The van der Waals surface area contributed by atoms with Gasteiger partial charge in [0.05, 0.1) is 32.9 Å². The molecular weight excluding hydrogens is 636 g/mol. The maximum atomic E-state index is 14.1. The number of imide groups is 1.